The largest absolute Gasteiger partial charge is 0.495 e. The van der Waals surface area contributed by atoms with E-state index in [1.165, 1.54) is 32.4 Å². The number of likely N-dealkylation sites (tertiary alicyclic amines) is 2. The third kappa shape index (κ3) is 4.89. The second kappa shape index (κ2) is 10.9. The van der Waals surface area contributed by atoms with Gasteiger partial charge >= 0.3 is 6.03 Å². The van der Waals surface area contributed by atoms with Crippen molar-refractivity contribution in [3.63, 3.8) is 0 Å². The van der Waals surface area contributed by atoms with Gasteiger partial charge in [0.05, 0.1) is 30.8 Å². The molecule has 0 atom stereocenters. The Morgan fingerprint density at radius 1 is 0.972 bits per heavy atom. The van der Waals surface area contributed by atoms with Gasteiger partial charge in [-0.2, -0.15) is 0 Å². The van der Waals surface area contributed by atoms with Crippen molar-refractivity contribution in [2.24, 2.45) is 4.99 Å². The lowest BCUT2D eigenvalue weighted by Gasteiger charge is -2.40. The van der Waals surface area contributed by atoms with Crippen LogP contribution in [0.25, 0.3) is 11.1 Å². The van der Waals surface area contributed by atoms with Crippen molar-refractivity contribution in [3.8, 4) is 22.6 Å². The summed E-state index contributed by atoms with van der Waals surface area (Å²) in [6.45, 7) is 4.43. The number of urea groups is 1. The molecule has 3 aliphatic heterocycles. The monoisotopic (exact) mass is 530 g/mol. The fourth-order valence-corrected chi connectivity index (χ4v) is 6.22. The number of fused-ring (bicyclic) bond motifs is 1. The smallest absolute Gasteiger partial charge is 0.323 e. The van der Waals surface area contributed by atoms with E-state index in [1.807, 2.05) is 23.1 Å². The number of aliphatic imine (C=N–C) groups is 1. The molecule has 0 radical (unpaired) electrons. The lowest BCUT2D eigenvalue weighted by atomic mass is 9.99. The molecule has 0 aliphatic carbocycles. The first-order valence-corrected chi connectivity index (χ1v) is 13.3. The van der Waals surface area contributed by atoms with Crippen LogP contribution in [0.5, 0.6) is 11.5 Å². The molecule has 1 N–H and O–H groups in total. The van der Waals surface area contributed by atoms with E-state index in [4.69, 9.17) is 32.7 Å². The highest BCUT2D eigenvalue weighted by Gasteiger charge is 2.29. The number of methoxy groups -OCH3 is 2. The maximum atomic E-state index is 13.0. The van der Waals surface area contributed by atoms with Crippen molar-refractivity contribution in [2.75, 3.05) is 40.4 Å². The first-order chi connectivity index (χ1) is 17.5. The fourth-order valence-electron chi connectivity index (χ4n) is 5.50. The summed E-state index contributed by atoms with van der Waals surface area (Å²) in [5.74, 6) is 1.59. The average Bonchev–Trinajstić information content (AvgIpc) is 3.31. The number of amides is 2. The van der Waals surface area contributed by atoms with Crippen LogP contribution in [0.4, 0.5) is 4.79 Å². The molecular weight excluding hydrogens is 499 g/mol. The van der Waals surface area contributed by atoms with Gasteiger partial charge in [-0.25, -0.2) is 4.79 Å². The van der Waals surface area contributed by atoms with E-state index in [2.05, 4.69) is 15.2 Å². The summed E-state index contributed by atoms with van der Waals surface area (Å²) >= 11 is 13.2. The Balaban J connectivity index is 1.27. The number of piperidine rings is 2. The molecule has 5 rings (SSSR count). The van der Waals surface area contributed by atoms with Gasteiger partial charge in [-0.05, 0) is 56.0 Å². The minimum absolute atomic E-state index is 0.0774. The number of amidine groups is 1. The Morgan fingerprint density at radius 3 is 2.28 bits per heavy atom. The first kappa shape index (κ1) is 25.2. The lowest BCUT2D eigenvalue weighted by molar-refractivity contribution is 0.102. The predicted octanol–water partition coefficient (Wildman–Crippen LogP) is 5.60. The number of carbonyl (C=O) groups is 1. The van der Waals surface area contributed by atoms with E-state index in [0.717, 1.165) is 42.6 Å². The van der Waals surface area contributed by atoms with Crippen LogP contribution in [0.1, 0.15) is 43.2 Å². The minimum atomic E-state index is -0.0774. The van der Waals surface area contributed by atoms with Crippen molar-refractivity contribution >= 4 is 35.1 Å². The molecule has 192 valence electrons. The number of halogens is 2. The van der Waals surface area contributed by atoms with Crippen molar-refractivity contribution in [2.45, 2.75) is 44.7 Å². The van der Waals surface area contributed by atoms with Crippen molar-refractivity contribution in [1.82, 2.24) is 15.1 Å². The van der Waals surface area contributed by atoms with E-state index < -0.39 is 0 Å². The summed E-state index contributed by atoms with van der Waals surface area (Å²) in [5.41, 5.74) is 3.40. The zero-order valence-corrected chi connectivity index (χ0v) is 22.3. The number of nitrogens with zero attached hydrogens (tertiary/aromatic N) is 3. The number of hydrogen-bond acceptors (Lipinski definition) is 5. The highest BCUT2D eigenvalue weighted by Crippen LogP contribution is 2.46. The lowest BCUT2D eigenvalue weighted by Crippen LogP contribution is -2.51. The Bertz CT molecular complexity index is 1140. The summed E-state index contributed by atoms with van der Waals surface area (Å²) < 4.78 is 10.8. The number of nitrogens with one attached hydrogen (secondary N) is 1. The average molecular weight is 531 g/mol. The molecule has 9 heteroatoms. The second-order valence-corrected chi connectivity index (χ2v) is 10.3. The van der Waals surface area contributed by atoms with Crippen molar-refractivity contribution in [1.29, 1.82) is 0 Å². The summed E-state index contributed by atoms with van der Waals surface area (Å²) in [6, 6.07) is 8.10. The van der Waals surface area contributed by atoms with Crippen LogP contribution < -0.4 is 14.8 Å². The normalized spacial score (nSPS) is 18.6. The quantitative estimate of drug-likeness (QED) is 0.558. The van der Waals surface area contributed by atoms with Crippen LogP contribution in [-0.2, 0) is 6.54 Å². The molecule has 7 nitrogen and oxygen atoms in total. The standard InChI is InChI=1S/C27H32Cl2N4O3/c1-35-21-15-22(36-2)25(29)23(24(21)28)17-6-7-20-18(14-17)16-30-26(20)31-27(34)33-12-8-19(9-13-33)32-10-4-3-5-11-32/h6-7,14-15,19H,3-5,8-13,16H2,1-2H3,(H,30,31,34). The van der Waals surface area contributed by atoms with E-state index >= 15 is 0 Å². The van der Waals surface area contributed by atoms with Gasteiger partial charge in [-0.3, -0.25) is 10.3 Å². The zero-order valence-electron chi connectivity index (χ0n) is 20.8. The predicted molar refractivity (Wildman–Crippen MR) is 144 cm³/mol. The third-order valence-electron chi connectivity index (χ3n) is 7.51. The molecular formula is C27H32Cl2N4O3. The van der Waals surface area contributed by atoms with Gasteiger partial charge < -0.3 is 19.3 Å². The van der Waals surface area contributed by atoms with Crippen molar-refractivity contribution in [3.05, 3.63) is 45.4 Å². The van der Waals surface area contributed by atoms with Crippen LogP contribution in [-0.4, -0.2) is 68.1 Å². The minimum Gasteiger partial charge on any atom is -0.495 e. The number of hydrogen-bond donors (Lipinski definition) is 1. The van der Waals surface area contributed by atoms with Crippen LogP contribution in [0.15, 0.2) is 29.3 Å². The molecule has 0 saturated carbocycles. The van der Waals surface area contributed by atoms with E-state index in [1.54, 1.807) is 20.3 Å². The molecule has 2 aromatic carbocycles. The third-order valence-corrected chi connectivity index (χ3v) is 8.26. The number of rotatable bonds is 4. The number of benzene rings is 2. The first-order valence-electron chi connectivity index (χ1n) is 12.6. The van der Waals surface area contributed by atoms with Crippen LogP contribution in [0.2, 0.25) is 10.0 Å². The van der Waals surface area contributed by atoms with Gasteiger partial charge in [0.25, 0.3) is 0 Å². The van der Waals surface area contributed by atoms with Gasteiger partial charge in [0.2, 0.25) is 0 Å². The molecule has 2 aromatic rings. The maximum absolute atomic E-state index is 13.0. The Kier molecular flexibility index (Phi) is 7.60. The maximum Gasteiger partial charge on any atom is 0.323 e. The molecule has 0 spiro atoms. The SMILES string of the molecule is COc1cc(OC)c(Cl)c(-c2ccc3c(c2)CN=C3NC(=O)N2CCC(N3CCCCC3)CC2)c1Cl. The van der Waals surface area contributed by atoms with Crippen LogP contribution in [0.3, 0.4) is 0 Å². The molecule has 0 bridgehead atoms. The number of carbonyl (C=O) groups excluding carboxylic acids is 1. The zero-order chi connectivity index (χ0) is 25.2. The molecule has 2 fully saturated rings. The van der Waals surface area contributed by atoms with Crippen LogP contribution in [0, 0.1) is 0 Å². The molecule has 0 aromatic heterocycles. The van der Waals surface area contributed by atoms with Gasteiger partial charge in [0.1, 0.15) is 17.3 Å². The summed E-state index contributed by atoms with van der Waals surface area (Å²) in [4.78, 5) is 22.2. The second-order valence-electron chi connectivity index (χ2n) is 9.57. The molecule has 36 heavy (non-hydrogen) atoms. The van der Waals surface area contributed by atoms with Crippen LogP contribution >= 0.6 is 23.2 Å². The summed E-state index contributed by atoms with van der Waals surface area (Å²) in [6.07, 6.45) is 6.00. The highest BCUT2D eigenvalue weighted by atomic mass is 35.5. The summed E-state index contributed by atoms with van der Waals surface area (Å²) in [5, 5.41) is 3.89. The molecule has 2 amide bonds. The highest BCUT2D eigenvalue weighted by molar-refractivity contribution is 6.41. The summed E-state index contributed by atoms with van der Waals surface area (Å²) in [7, 11) is 3.11. The van der Waals surface area contributed by atoms with Crippen molar-refractivity contribution < 1.29 is 14.3 Å². The molecule has 3 aliphatic rings. The Labute approximate surface area is 222 Å². The van der Waals surface area contributed by atoms with Gasteiger partial charge in [0, 0.05) is 36.3 Å². The molecule has 3 heterocycles. The molecule has 0 unspecified atom stereocenters. The topological polar surface area (TPSA) is 66.4 Å². The fraction of sp³-hybridized carbons (Fsp3) is 0.481. The Hall–Kier alpha value is -2.48. The van der Waals surface area contributed by atoms with Gasteiger partial charge in [-0.15, -0.1) is 0 Å². The number of ether oxygens (including phenoxy) is 2. The van der Waals surface area contributed by atoms with Gasteiger partial charge in [0.15, 0.2) is 0 Å². The van der Waals surface area contributed by atoms with Gasteiger partial charge in [-0.1, -0.05) is 41.8 Å². The van der Waals surface area contributed by atoms with E-state index in [-0.39, 0.29) is 6.03 Å². The Morgan fingerprint density at radius 2 is 1.64 bits per heavy atom. The molecule has 2 saturated heterocycles. The van der Waals surface area contributed by atoms with E-state index in [9.17, 15) is 4.79 Å². The van der Waals surface area contributed by atoms with E-state index in [0.29, 0.717) is 45.5 Å².